The number of methoxy groups -OCH3 is 1. The maximum atomic E-state index is 13.1. The zero-order chi connectivity index (χ0) is 26.1. The molecule has 1 fully saturated rings. The van der Waals surface area contributed by atoms with E-state index >= 15 is 0 Å². The van der Waals surface area contributed by atoms with E-state index < -0.39 is 18.2 Å². The van der Waals surface area contributed by atoms with Crippen LogP contribution in [0, 0.1) is 12.8 Å². The van der Waals surface area contributed by atoms with Crippen molar-refractivity contribution < 1.29 is 33.6 Å². The number of cyclic esters (lactones) is 1. The van der Waals surface area contributed by atoms with E-state index in [2.05, 4.69) is 0 Å². The predicted octanol–water partition coefficient (Wildman–Crippen LogP) is 6.45. The van der Waals surface area contributed by atoms with E-state index in [4.69, 9.17) is 42.1 Å². The summed E-state index contributed by atoms with van der Waals surface area (Å²) in [4.78, 5) is 27.5. The highest BCUT2D eigenvalue weighted by Crippen LogP contribution is 2.50. The van der Waals surface area contributed by atoms with E-state index in [1.165, 1.54) is 7.11 Å². The molecule has 4 rings (SSSR count). The smallest absolute Gasteiger partial charge is 0.415 e. The average molecular weight is 538 g/mol. The van der Waals surface area contributed by atoms with Crippen molar-refractivity contribution in [2.75, 3.05) is 20.2 Å². The van der Waals surface area contributed by atoms with Gasteiger partial charge in [0, 0.05) is 18.7 Å². The van der Waals surface area contributed by atoms with E-state index in [1.54, 1.807) is 24.0 Å². The van der Waals surface area contributed by atoms with Gasteiger partial charge in [0.1, 0.15) is 23.7 Å². The Labute approximate surface area is 220 Å². The van der Waals surface area contributed by atoms with Crippen molar-refractivity contribution in [2.24, 2.45) is 5.92 Å². The Morgan fingerprint density at radius 2 is 1.86 bits per heavy atom. The van der Waals surface area contributed by atoms with E-state index in [1.807, 2.05) is 13.8 Å². The van der Waals surface area contributed by atoms with Gasteiger partial charge in [-0.1, -0.05) is 37.0 Å². The number of amides is 1. The lowest BCUT2D eigenvalue weighted by Gasteiger charge is -2.26. The Bertz CT molecular complexity index is 1190. The molecule has 1 atom stereocenters. The second-order valence-corrected chi connectivity index (χ2v) is 10.1. The minimum absolute atomic E-state index is 0.00254. The molecule has 2 aromatic carbocycles. The van der Waals surface area contributed by atoms with Gasteiger partial charge < -0.3 is 29.0 Å². The predicted molar refractivity (Wildman–Crippen MR) is 135 cm³/mol. The van der Waals surface area contributed by atoms with Crippen molar-refractivity contribution >= 4 is 35.3 Å². The Kier molecular flexibility index (Phi) is 7.87. The summed E-state index contributed by atoms with van der Waals surface area (Å²) < 4.78 is 23.0. The average Bonchev–Trinajstić information content (AvgIpc) is 3.38. The number of rotatable bonds is 5. The first-order chi connectivity index (χ1) is 17.1. The van der Waals surface area contributed by atoms with Gasteiger partial charge in [-0.25, -0.2) is 9.59 Å². The number of halogens is 2. The van der Waals surface area contributed by atoms with Crippen molar-refractivity contribution in [3.8, 4) is 23.0 Å². The van der Waals surface area contributed by atoms with E-state index in [0.29, 0.717) is 36.2 Å². The van der Waals surface area contributed by atoms with Crippen LogP contribution in [-0.2, 0) is 11.3 Å². The molecular weight excluding hydrogens is 509 g/mol. The summed E-state index contributed by atoms with van der Waals surface area (Å²) in [5.41, 5.74) is 1.23. The van der Waals surface area contributed by atoms with Crippen LogP contribution in [0.4, 0.5) is 4.79 Å². The third-order valence-electron chi connectivity index (χ3n) is 6.33. The summed E-state index contributed by atoms with van der Waals surface area (Å²) in [7, 11) is 1.40. The number of aliphatic hydroxyl groups is 1. The molecule has 36 heavy (non-hydrogen) atoms. The molecule has 10 heteroatoms. The summed E-state index contributed by atoms with van der Waals surface area (Å²) in [6.45, 7) is 6.57. The lowest BCUT2D eigenvalue weighted by molar-refractivity contribution is 0.0453. The SMILES string of the molecule is COc1c([C@@H](O)CC(C)C)ccc2c1C(=O)OCc1c(Cl)c(C)c(Cl)c(OC(=O)N3CCCC3)c1O2. The molecule has 2 heterocycles. The Balaban J connectivity index is 1.84. The van der Waals surface area contributed by atoms with Crippen molar-refractivity contribution in [1.82, 2.24) is 4.90 Å². The van der Waals surface area contributed by atoms with Crippen molar-refractivity contribution in [3.63, 3.8) is 0 Å². The topological polar surface area (TPSA) is 94.5 Å². The second-order valence-electron chi connectivity index (χ2n) is 9.34. The molecule has 1 amide bonds. The minimum atomic E-state index is -0.862. The maximum absolute atomic E-state index is 13.1. The Morgan fingerprint density at radius 1 is 1.17 bits per heavy atom. The van der Waals surface area contributed by atoms with Crippen LogP contribution in [0.25, 0.3) is 0 Å². The quantitative estimate of drug-likeness (QED) is 0.438. The standard InChI is InChI=1S/C26H29Cl2NO7/c1-13(2)11-17(30)15-7-8-18-19(22(15)33-4)25(31)34-12-16-20(27)14(3)21(28)24(23(16)35-18)36-26(32)29-9-5-6-10-29/h7-8,13,17,30H,5-6,9-12H2,1-4H3/t17-/m0/s1. The number of carbonyl (C=O) groups is 2. The number of nitrogens with zero attached hydrogens (tertiary/aromatic N) is 1. The van der Waals surface area contributed by atoms with Gasteiger partial charge >= 0.3 is 12.1 Å². The molecule has 1 saturated heterocycles. The highest BCUT2D eigenvalue weighted by atomic mass is 35.5. The molecule has 0 radical (unpaired) electrons. The van der Waals surface area contributed by atoms with E-state index in [0.717, 1.165) is 12.8 Å². The molecule has 0 aromatic heterocycles. The summed E-state index contributed by atoms with van der Waals surface area (Å²) >= 11 is 13.1. The molecule has 0 bridgehead atoms. The van der Waals surface area contributed by atoms with Crippen molar-refractivity contribution in [1.29, 1.82) is 0 Å². The van der Waals surface area contributed by atoms with E-state index in [-0.39, 0.29) is 51.1 Å². The van der Waals surface area contributed by atoms with Crippen LogP contribution in [0.1, 0.15) is 66.3 Å². The first-order valence-corrected chi connectivity index (χ1v) is 12.6. The second kappa shape index (κ2) is 10.7. The number of esters is 1. The highest BCUT2D eigenvalue weighted by Gasteiger charge is 2.34. The van der Waals surface area contributed by atoms with Gasteiger partial charge in [-0.3, -0.25) is 0 Å². The van der Waals surface area contributed by atoms with Crippen molar-refractivity contribution in [2.45, 2.75) is 52.7 Å². The number of fused-ring (bicyclic) bond motifs is 2. The molecular formula is C26H29Cl2NO7. The number of hydrogen-bond donors (Lipinski definition) is 1. The maximum Gasteiger partial charge on any atom is 0.415 e. The summed E-state index contributed by atoms with van der Waals surface area (Å²) in [6, 6.07) is 3.17. The largest absolute Gasteiger partial charge is 0.495 e. The molecule has 1 N–H and O–H groups in total. The fourth-order valence-electron chi connectivity index (χ4n) is 4.44. The van der Waals surface area contributed by atoms with E-state index in [9.17, 15) is 14.7 Å². The monoisotopic (exact) mass is 537 g/mol. The normalized spacial score (nSPS) is 15.9. The first kappa shape index (κ1) is 26.4. The molecule has 0 aliphatic carbocycles. The summed E-state index contributed by atoms with van der Waals surface area (Å²) in [6.07, 6.45) is 0.844. The van der Waals surface area contributed by atoms with Gasteiger partial charge in [0.15, 0.2) is 11.5 Å². The molecule has 2 aromatic rings. The fraction of sp³-hybridized carbons (Fsp3) is 0.462. The number of ether oxygens (including phenoxy) is 4. The van der Waals surface area contributed by atoms with Crippen molar-refractivity contribution in [3.05, 3.63) is 44.4 Å². The molecule has 194 valence electrons. The number of benzene rings is 2. The van der Waals surface area contributed by atoms with Crippen LogP contribution in [-0.4, -0.2) is 42.3 Å². The fourth-order valence-corrected chi connectivity index (χ4v) is 4.95. The molecule has 2 aliphatic rings. The molecule has 0 saturated carbocycles. The van der Waals surface area contributed by atoms with Gasteiger partial charge in [-0.2, -0.15) is 0 Å². The molecule has 0 unspecified atom stereocenters. The number of carbonyl (C=O) groups excluding carboxylic acids is 2. The molecule has 8 nitrogen and oxygen atoms in total. The highest BCUT2D eigenvalue weighted by molar-refractivity contribution is 6.38. The minimum Gasteiger partial charge on any atom is -0.495 e. The van der Waals surface area contributed by atoms with Gasteiger partial charge in [-0.05, 0) is 49.8 Å². The number of hydrogen-bond acceptors (Lipinski definition) is 7. The zero-order valence-electron chi connectivity index (χ0n) is 20.7. The third kappa shape index (κ3) is 4.94. The lowest BCUT2D eigenvalue weighted by atomic mass is 9.96. The Morgan fingerprint density at radius 3 is 2.50 bits per heavy atom. The summed E-state index contributed by atoms with van der Waals surface area (Å²) in [5.74, 6) is -0.180. The zero-order valence-corrected chi connectivity index (χ0v) is 22.2. The number of likely N-dealkylation sites (tertiary alicyclic amines) is 1. The van der Waals surface area contributed by atoms with Crippen LogP contribution >= 0.6 is 23.2 Å². The summed E-state index contributed by atoms with van der Waals surface area (Å²) in [5, 5.41) is 11.1. The third-order valence-corrected chi connectivity index (χ3v) is 7.29. The molecule has 0 spiro atoms. The van der Waals surface area contributed by atoms with Crippen LogP contribution in [0.5, 0.6) is 23.0 Å². The van der Waals surface area contributed by atoms with Gasteiger partial charge in [-0.15, -0.1) is 0 Å². The van der Waals surface area contributed by atoms with Gasteiger partial charge in [0.05, 0.1) is 28.8 Å². The molecule has 2 aliphatic heterocycles. The van der Waals surface area contributed by atoms with Crippen LogP contribution in [0.2, 0.25) is 10.0 Å². The first-order valence-electron chi connectivity index (χ1n) is 11.8. The Hall–Kier alpha value is -2.68. The lowest BCUT2D eigenvalue weighted by Crippen LogP contribution is -2.31. The van der Waals surface area contributed by atoms with Crippen LogP contribution < -0.4 is 14.2 Å². The van der Waals surface area contributed by atoms with Gasteiger partial charge in [0.2, 0.25) is 0 Å². The van der Waals surface area contributed by atoms with Gasteiger partial charge in [0.25, 0.3) is 0 Å². The van der Waals surface area contributed by atoms with Crippen LogP contribution in [0.3, 0.4) is 0 Å². The van der Waals surface area contributed by atoms with Crippen LogP contribution in [0.15, 0.2) is 12.1 Å². The number of aliphatic hydroxyl groups excluding tert-OH is 1.